The maximum Gasteiger partial charge on any atom is 0.160 e. The Balaban J connectivity index is 1.97. The second-order valence-corrected chi connectivity index (χ2v) is 4.81. The number of methoxy groups -OCH3 is 2. The number of hydrogen-bond acceptors (Lipinski definition) is 5. The highest BCUT2D eigenvalue weighted by Crippen LogP contribution is 2.27. The van der Waals surface area contributed by atoms with E-state index in [1.807, 2.05) is 38.1 Å². The average Bonchev–Trinajstić information content (AvgIpc) is 2.46. The van der Waals surface area contributed by atoms with Crippen LogP contribution in [0.1, 0.15) is 17.1 Å². The molecule has 1 heterocycles. The van der Waals surface area contributed by atoms with Crippen molar-refractivity contribution < 1.29 is 9.47 Å². The zero-order valence-electron chi connectivity index (χ0n) is 12.9. The van der Waals surface area contributed by atoms with Crippen LogP contribution in [0.4, 0.5) is 5.82 Å². The molecule has 0 amide bonds. The maximum absolute atomic E-state index is 5.31. The lowest BCUT2D eigenvalue weighted by molar-refractivity contribution is 0.354. The van der Waals surface area contributed by atoms with E-state index in [-0.39, 0.29) is 0 Å². The molecule has 0 saturated heterocycles. The molecule has 0 saturated carbocycles. The number of benzene rings is 1. The topological polar surface area (TPSA) is 56.3 Å². The fraction of sp³-hybridized carbons (Fsp3) is 0.375. The highest BCUT2D eigenvalue weighted by atomic mass is 16.5. The van der Waals surface area contributed by atoms with Crippen LogP contribution in [0.15, 0.2) is 24.3 Å². The fourth-order valence-electron chi connectivity index (χ4n) is 2.18. The van der Waals surface area contributed by atoms with Crippen molar-refractivity contribution in [2.45, 2.75) is 20.3 Å². The van der Waals surface area contributed by atoms with Crippen LogP contribution in [-0.4, -0.2) is 30.7 Å². The van der Waals surface area contributed by atoms with E-state index in [0.29, 0.717) is 0 Å². The van der Waals surface area contributed by atoms with Crippen LogP contribution in [0, 0.1) is 13.8 Å². The molecule has 0 bridgehead atoms. The summed E-state index contributed by atoms with van der Waals surface area (Å²) in [5, 5.41) is 3.32. The minimum absolute atomic E-state index is 0.747. The number of aromatic nitrogens is 2. The third-order valence-corrected chi connectivity index (χ3v) is 3.13. The van der Waals surface area contributed by atoms with Crippen molar-refractivity contribution in [1.29, 1.82) is 0 Å². The molecule has 0 radical (unpaired) electrons. The lowest BCUT2D eigenvalue weighted by Gasteiger charge is -2.10. The first kappa shape index (κ1) is 15.1. The van der Waals surface area contributed by atoms with Crippen molar-refractivity contribution in [3.63, 3.8) is 0 Å². The molecule has 0 aliphatic rings. The van der Waals surface area contributed by atoms with Crippen LogP contribution in [0.2, 0.25) is 0 Å². The largest absolute Gasteiger partial charge is 0.493 e. The van der Waals surface area contributed by atoms with Crippen molar-refractivity contribution in [2.75, 3.05) is 26.1 Å². The lowest BCUT2D eigenvalue weighted by atomic mass is 10.1. The van der Waals surface area contributed by atoms with E-state index in [0.717, 1.165) is 41.8 Å². The maximum atomic E-state index is 5.31. The zero-order valence-corrected chi connectivity index (χ0v) is 12.9. The van der Waals surface area contributed by atoms with Gasteiger partial charge >= 0.3 is 0 Å². The summed E-state index contributed by atoms with van der Waals surface area (Å²) >= 11 is 0. The second-order valence-electron chi connectivity index (χ2n) is 4.81. The van der Waals surface area contributed by atoms with E-state index in [1.54, 1.807) is 14.2 Å². The summed E-state index contributed by atoms with van der Waals surface area (Å²) < 4.78 is 10.5. The molecule has 5 nitrogen and oxygen atoms in total. The van der Waals surface area contributed by atoms with Crippen LogP contribution in [0.25, 0.3) is 0 Å². The molecule has 2 aromatic rings. The molecule has 0 spiro atoms. The van der Waals surface area contributed by atoms with E-state index < -0.39 is 0 Å². The van der Waals surface area contributed by atoms with E-state index in [9.17, 15) is 0 Å². The Morgan fingerprint density at radius 3 is 2.43 bits per heavy atom. The molecular formula is C16H21N3O2. The fourth-order valence-corrected chi connectivity index (χ4v) is 2.18. The molecule has 112 valence electrons. The molecule has 5 heteroatoms. The number of nitrogens with zero attached hydrogens (tertiary/aromatic N) is 2. The predicted molar refractivity (Wildman–Crippen MR) is 83.2 cm³/mol. The van der Waals surface area contributed by atoms with Gasteiger partial charge in [-0.2, -0.15) is 0 Å². The summed E-state index contributed by atoms with van der Waals surface area (Å²) in [5.74, 6) is 3.14. The molecule has 21 heavy (non-hydrogen) atoms. The summed E-state index contributed by atoms with van der Waals surface area (Å²) in [7, 11) is 3.28. The van der Waals surface area contributed by atoms with Crippen molar-refractivity contribution in [3.05, 3.63) is 41.3 Å². The third-order valence-electron chi connectivity index (χ3n) is 3.13. The zero-order chi connectivity index (χ0) is 15.2. The number of ether oxygens (including phenoxy) is 2. The lowest BCUT2D eigenvalue weighted by Crippen LogP contribution is -2.08. The highest BCUT2D eigenvalue weighted by molar-refractivity contribution is 5.43. The molecule has 1 aromatic heterocycles. The number of rotatable bonds is 6. The van der Waals surface area contributed by atoms with Gasteiger partial charge in [0.25, 0.3) is 0 Å². The van der Waals surface area contributed by atoms with E-state index in [2.05, 4.69) is 15.3 Å². The van der Waals surface area contributed by atoms with Gasteiger partial charge < -0.3 is 14.8 Å². The minimum atomic E-state index is 0.747. The molecule has 2 rings (SSSR count). The van der Waals surface area contributed by atoms with Crippen molar-refractivity contribution in [3.8, 4) is 11.5 Å². The monoisotopic (exact) mass is 287 g/mol. The van der Waals surface area contributed by atoms with Crippen LogP contribution in [0.5, 0.6) is 11.5 Å². The first-order chi connectivity index (χ1) is 10.1. The summed E-state index contributed by atoms with van der Waals surface area (Å²) in [6, 6.07) is 7.91. The Bertz CT molecular complexity index is 594. The van der Waals surface area contributed by atoms with E-state index in [4.69, 9.17) is 9.47 Å². The van der Waals surface area contributed by atoms with Crippen LogP contribution in [-0.2, 0) is 6.42 Å². The minimum Gasteiger partial charge on any atom is -0.493 e. The van der Waals surface area contributed by atoms with Crippen LogP contribution in [0.3, 0.4) is 0 Å². The number of aryl methyl sites for hydroxylation is 2. The molecule has 0 aliphatic carbocycles. The van der Waals surface area contributed by atoms with Gasteiger partial charge in [-0.1, -0.05) is 6.07 Å². The van der Waals surface area contributed by atoms with Crippen LogP contribution >= 0.6 is 0 Å². The highest BCUT2D eigenvalue weighted by Gasteiger charge is 2.04. The first-order valence-electron chi connectivity index (χ1n) is 6.89. The summed E-state index contributed by atoms with van der Waals surface area (Å²) in [6.45, 7) is 4.66. The van der Waals surface area contributed by atoms with Gasteiger partial charge in [0.2, 0.25) is 0 Å². The number of hydrogen-bond donors (Lipinski definition) is 1. The van der Waals surface area contributed by atoms with Gasteiger partial charge in [0, 0.05) is 18.3 Å². The smallest absolute Gasteiger partial charge is 0.160 e. The number of nitrogens with one attached hydrogen (secondary N) is 1. The predicted octanol–water partition coefficient (Wildman–Crippen LogP) is 2.77. The summed E-state index contributed by atoms with van der Waals surface area (Å²) in [6.07, 6.45) is 0.877. The van der Waals surface area contributed by atoms with E-state index >= 15 is 0 Å². The van der Waals surface area contributed by atoms with Gasteiger partial charge in [-0.15, -0.1) is 0 Å². The van der Waals surface area contributed by atoms with Gasteiger partial charge in [0.05, 0.1) is 14.2 Å². The van der Waals surface area contributed by atoms with Gasteiger partial charge in [0.1, 0.15) is 11.6 Å². The Morgan fingerprint density at radius 1 is 1.00 bits per heavy atom. The number of anilines is 1. The average molecular weight is 287 g/mol. The molecule has 0 unspecified atom stereocenters. The third kappa shape index (κ3) is 4.08. The Hall–Kier alpha value is -2.30. The Morgan fingerprint density at radius 2 is 1.76 bits per heavy atom. The van der Waals surface area contributed by atoms with E-state index in [1.165, 1.54) is 5.56 Å². The van der Waals surface area contributed by atoms with Gasteiger partial charge in [0.15, 0.2) is 11.5 Å². The Kier molecular flexibility index (Phi) is 4.98. The second kappa shape index (κ2) is 6.92. The molecule has 0 atom stereocenters. The molecular weight excluding hydrogens is 266 g/mol. The molecule has 0 fully saturated rings. The van der Waals surface area contributed by atoms with Crippen molar-refractivity contribution in [1.82, 2.24) is 9.97 Å². The normalized spacial score (nSPS) is 10.3. The summed E-state index contributed by atoms with van der Waals surface area (Å²) in [5.41, 5.74) is 2.15. The SMILES string of the molecule is COc1ccc(CCNc2cc(C)nc(C)n2)cc1OC. The van der Waals surface area contributed by atoms with Crippen molar-refractivity contribution >= 4 is 5.82 Å². The standard InChI is InChI=1S/C16H21N3O2/c1-11-9-16(19-12(2)18-11)17-8-7-13-5-6-14(20-3)15(10-13)21-4/h5-6,9-10H,7-8H2,1-4H3,(H,17,18,19). The molecule has 1 aromatic carbocycles. The Labute approximate surface area is 125 Å². The quantitative estimate of drug-likeness (QED) is 0.885. The van der Waals surface area contributed by atoms with Gasteiger partial charge in [-0.3, -0.25) is 0 Å². The van der Waals surface area contributed by atoms with Gasteiger partial charge in [-0.25, -0.2) is 9.97 Å². The first-order valence-corrected chi connectivity index (χ1v) is 6.89. The summed E-state index contributed by atoms with van der Waals surface area (Å²) in [4.78, 5) is 8.62. The van der Waals surface area contributed by atoms with Crippen molar-refractivity contribution in [2.24, 2.45) is 0 Å². The van der Waals surface area contributed by atoms with Crippen LogP contribution < -0.4 is 14.8 Å². The molecule has 0 aliphatic heterocycles. The van der Waals surface area contributed by atoms with Gasteiger partial charge in [-0.05, 0) is 38.0 Å². The molecule has 1 N–H and O–H groups in total.